The van der Waals surface area contributed by atoms with Crippen LogP contribution in [0.15, 0.2) is 146 Å². The number of benzene rings is 8. The maximum absolute atomic E-state index is 12.8. The molecule has 0 spiro atoms. The molecule has 0 aliphatic rings. The predicted octanol–water partition coefficient (Wildman–Crippen LogP) is 16.5. The van der Waals surface area contributed by atoms with E-state index in [9.17, 15) is 64.4 Å². The zero-order valence-corrected chi connectivity index (χ0v) is 77.3. The smallest absolute Gasteiger partial charge is 0.346 e. The first-order valence-corrected chi connectivity index (χ1v) is 42.5. The minimum absolute atomic E-state index is 0.135. The van der Waals surface area contributed by atoms with Crippen molar-refractivity contribution in [3.8, 4) is 56.9 Å². The molecule has 0 aliphatic heterocycles. The first kappa shape index (κ1) is 105. The van der Waals surface area contributed by atoms with Crippen molar-refractivity contribution in [2.75, 3.05) is 169 Å². The van der Waals surface area contributed by atoms with Gasteiger partial charge >= 0.3 is 28.7 Å². The van der Waals surface area contributed by atoms with E-state index in [0.717, 1.165) is 217 Å². The van der Waals surface area contributed by atoms with E-state index in [4.69, 9.17) is 46.2 Å². The van der Waals surface area contributed by atoms with Gasteiger partial charge in [0.05, 0.1) is 86.2 Å². The standard InChI is InChI=1S/C35H43N5O3.C22H26N2O3.C13H17N3O5.C13H21N3O.C7H4N2O6.C5H14N2/c1-23-18-28(35-37-29-14-12-25(20-32(29)38-35)33(41)10-7-8-15-39(2)3)34(42-6)22-27(23)31-19-24-11-13-26(21-30(24)36-31)43-17-9-16-40(4)5;1-15-10-17(14-25)22(26-4)13-19(15)21-11-16-6-7-18(12-20(16)23-21)27-9-5-8-24(2)3;1-14(2)8-4-3-5-13(17)10-6-7-11(15(18)19)12(9-10)16(20)21;1-16(2)8-4-3-5-13(17)10-6-7-11(14)12(15)9-10;10-7(11)4-1-2-5(8(12)13)6(3-4)9(14)15;1-7(2)5-3-4-6/h11-14,18-22,36H,7-10,15-17H2,1-6H3,(H,37,38);6-7,10-14,23H,5,8-9H2,1-4H3;6-7,9H,3-5,8H2,1-2H3;6-7,9H,3-5,8,14-15H2,1-2H3;1-3H,(H,10,11);3-6H2,1-2H3. The number of methoxy groups -OCH3 is 2. The predicted molar refractivity (Wildman–Crippen MR) is 512 cm³/mol. The van der Waals surface area contributed by atoms with Crippen molar-refractivity contribution >= 4 is 96.6 Å². The van der Waals surface area contributed by atoms with Gasteiger partial charge in [-0.25, -0.2) is 9.78 Å². The number of aromatic amines is 3. The number of Topliss-reactive ketones (excluding diaryl/α,β-unsaturated/α-hetero) is 3. The van der Waals surface area contributed by atoms with Gasteiger partial charge in [-0.3, -0.25) is 59.6 Å². The second-order valence-corrected chi connectivity index (χ2v) is 32.7. The molecule has 0 amide bonds. The molecule has 10 N–H and O–H groups in total. The van der Waals surface area contributed by atoms with Gasteiger partial charge in [-0.1, -0.05) is 0 Å². The lowest BCUT2D eigenvalue weighted by Crippen LogP contribution is -2.16. The number of nitrogen functional groups attached to an aromatic ring is 2. The van der Waals surface area contributed by atoms with Gasteiger partial charge in [0.1, 0.15) is 28.8 Å². The topological polar surface area (TPSA) is 473 Å². The van der Waals surface area contributed by atoms with Crippen molar-refractivity contribution in [3.05, 3.63) is 225 Å². The lowest BCUT2D eigenvalue weighted by atomic mass is 10.0. The Labute approximate surface area is 757 Å². The van der Waals surface area contributed by atoms with Gasteiger partial charge in [-0.15, -0.1) is 0 Å². The molecule has 3 heterocycles. The number of ether oxygens (including phenoxy) is 4. The fourth-order valence-electron chi connectivity index (χ4n) is 13.4. The number of nitro groups is 4. The minimum atomic E-state index is -1.38. The lowest BCUT2D eigenvalue weighted by Gasteiger charge is -2.12. The molecule has 0 aliphatic carbocycles. The Balaban J connectivity index is 0.000000259. The minimum Gasteiger partial charge on any atom is -0.496 e. The number of unbranched alkanes of at least 4 members (excludes halogenated alkanes) is 3. The van der Waals surface area contributed by atoms with Crippen molar-refractivity contribution in [2.24, 2.45) is 5.73 Å². The third-order valence-corrected chi connectivity index (χ3v) is 20.4. The zero-order valence-electron chi connectivity index (χ0n) is 77.3. The number of nitrogens with one attached hydrogen (secondary N) is 3. The zero-order chi connectivity index (χ0) is 96.0. The Morgan fingerprint density at radius 1 is 0.415 bits per heavy atom. The number of ketones is 3. The summed E-state index contributed by atoms with van der Waals surface area (Å²) in [5, 5.41) is 53.1. The average molecular weight is 1790 g/mol. The summed E-state index contributed by atoms with van der Waals surface area (Å²) < 4.78 is 23.1. The molecule has 0 saturated heterocycles. The Morgan fingerprint density at radius 2 is 0.808 bits per heavy atom. The van der Waals surface area contributed by atoms with Crippen LogP contribution in [-0.4, -0.2) is 262 Å². The summed E-state index contributed by atoms with van der Waals surface area (Å²) in [6.07, 6.45) is 10.6. The number of carboxylic acids is 1. The van der Waals surface area contributed by atoms with E-state index in [1.165, 1.54) is 6.07 Å². The number of hydrogen-bond donors (Lipinski definition) is 7. The number of aldehydes is 1. The molecule has 130 heavy (non-hydrogen) atoms. The summed E-state index contributed by atoms with van der Waals surface area (Å²) in [5.74, 6) is 2.41. The number of imidazole rings is 1. The van der Waals surface area contributed by atoms with Gasteiger partial charge < -0.3 is 85.6 Å². The summed E-state index contributed by atoms with van der Waals surface area (Å²) in [4.78, 5) is 125. The molecule has 0 saturated carbocycles. The largest absolute Gasteiger partial charge is 0.496 e. The molecule has 698 valence electrons. The third kappa shape index (κ3) is 33.7. The van der Waals surface area contributed by atoms with E-state index in [0.29, 0.717) is 78.2 Å². The van der Waals surface area contributed by atoms with E-state index < -0.39 is 48.4 Å². The number of nitrogens with zero attached hydrogens (tertiary/aromatic N) is 11. The van der Waals surface area contributed by atoms with Crippen LogP contribution in [0.1, 0.15) is 140 Å². The average Bonchev–Trinajstić information content (AvgIpc) is 1.57. The van der Waals surface area contributed by atoms with Gasteiger partial charge in [0.2, 0.25) is 0 Å². The SMILES string of the molecule is CN(C)CCCCC(=O)c1ccc(N)c(N)c1.CN(C)CCCCC(=O)c1ccc([N+](=O)[O-])c([N+](=O)[O-])c1.CN(C)CCCN.COc1cc(-c2cc3ccc(OCCCN(C)C)cc3[nH]2)c(C)cc1-c1nc2ccc(C(=O)CCCCN(C)C)cc2[nH]1.COc1cc(-c2cc3ccc(OCCCN(C)C)cc3[nH]2)c(C)cc1C=O.O=C(O)c1ccc([N+](=O)[O-])c([N+](=O)[O-])c1. The molecule has 0 bridgehead atoms. The highest BCUT2D eigenvalue weighted by atomic mass is 16.6. The number of aryl methyl sites for hydroxylation is 2. The molecule has 11 aromatic rings. The quantitative estimate of drug-likeness (QED) is 0.00466. The summed E-state index contributed by atoms with van der Waals surface area (Å²) in [6, 6.07) is 40.9. The number of fused-ring (bicyclic) bond motifs is 3. The van der Waals surface area contributed by atoms with Crippen LogP contribution in [0, 0.1) is 54.3 Å². The maximum Gasteiger partial charge on any atom is 0.346 e. The maximum atomic E-state index is 12.8. The monoisotopic (exact) mass is 1790 g/mol. The number of carbonyl (C=O) groups excluding carboxylic acids is 4. The Morgan fingerprint density at radius 3 is 1.22 bits per heavy atom. The number of H-pyrrole nitrogens is 3. The molecular weight excluding hydrogens is 1670 g/mol. The Kier molecular flexibility index (Phi) is 42.8. The molecule has 0 atom stereocenters. The molecule has 0 fully saturated rings. The first-order chi connectivity index (χ1) is 61.7. The van der Waals surface area contributed by atoms with E-state index in [-0.39, 0.29) is 34.9 Å². The van der Waals surface area contributed by atoms with Gasteiger partial charge in [-0.2, -0.15) is 0 Å². The van der Waals surface area contributed by atoms with Gasteiger partial charge in [0, 0.05) is 130 Å². The highest BCUT2D eigenvalue weighted by molar-refractivity contribution is 6.00. The molecule has 0 radical (unpaired) electrons. The van der Waals surface area contributed by atoms with E-state index in [2.05, 4.69) is 145 Å². The number of nitro benzene ring substituents is 4. The van der Waals surface area contributed by atoms with Crippen LogP contribution in [0.25, 0.3) is 66.7 Å². The number of carbonyl (C=O) groups is 5. The third-order valence-electron chi connectivity index (χ3n) is 20.4. The fraction of sp³-hybridized carbons (Fsp3) is 0.389. The van der Waals surface area contributed by atoms with Gasteiger partial charge in [0.25, 0.3) is 0 Å². The normalized spacial score (nSPS) is 11.0. The molecule has 11 rings (SSSR count). The molecule has 35 heteroatoms. The van der Waals surface area contributed by atoms with Crippen LogP contribution < -0.4 is 36.1 Å². The molecule has 3 aromatic heterocycles. The number of carboxylic acid groups (broad SMARTS) is 1. The van der Waals surface area contributed by atoms with Crippen LogP contribution in [-0.2, 0) is 0 Å². The Hall–Kier alpha value is -13.4. The molecule has 35 nitrogen and oxygen atoms in total. The van der Waals surface area contributed by atoms with Crippen molar-refractivity contribution in [3.63, 3.8) is 0 Å². The molecule has 0 unspecified atom stereocenters. The van der Waals surface area contributed by atoms with E-state index in [1.54, 1.807) is 32.4 Å². The summed E-state index contributed by atoms with van der Waals surface area (Å²) in [7, 11) is 27.7. The molecule has 8 aromatic carbocycles. The van der Waals surface area contributed by atoms with Crippen LogP contribution in [0.5, 0.6) is 23.0 Å². The van der Waals surface area contributed by atoms with Crippen LogP contribution in [0.2, 0.25) is 0 Å². The summed E-state index contributed by atoms with van der Waals surface area (Å²) >= 11 is 0. The van der Waals surface area contributed by atoms with Gasteiger partial charge in [0.15, 0.2) is 23.6 Å². The fourth-order valence-corrected chi connectivity index (χ4v) is 13.4. The van der Waals surface area contributed by atoms with Crippen LogP contribution in [0.3, 0.4) is 0 Å². The van der Waals surface area contributed by atoms with Gasteiger partial charge in [-0.05, 0) is 309 Å². The number of anilines is 2. The van der Waals surface area contributed by atoms with E-state index in [1.807, 2.05) is 88.5 Å². The van der Waals surface area contributed by atoms with Crippen molar-refractivity contribution in [1.29, 1.82) is 0 Å². The number of hydrogen-bond acceptors (Lipinski definition) is 27. The van der Waals surface area contributed by atoms with E-state index >= 15 is 0 Å². The number of rotatable bonds is 42. The lowest BCUT2D eigenvalue weighted by molar-refractivity contribution is -0.422. The Bertz CT molecular complexity index is 5640. The first-order valence-electron chi connectivity index (χ1n) is 42.5. The number of nitrogens with two attached hydrogens (primary N) is 3. The van der Waals surface area contributed by atoms with Crippen molar-refractivity contribution < 1.29 is 67.7 Å². The van der Waals surface area contributed by atoms with Crippen molar-refractivity contribution in [2.45, 2.75) is 90.9 Å². The molecular formula is C95H125N17O18. The van der Waals surface area contributed by atoms with Crippen molar-refractivity contribution in [1.82, 2.24) is 49.3 Å². The van der Waals surface area contributed by atoms with Crippen LogP contribution >= 0.6 is 0 Å². The highest BCUT2D eigenvalue weighted by Gasteiger charge is 2.28. The summed E-state index contributed by atoms with van der Waals surface area (Å²) in [6.45, 7) is 12.2. The number of aromatic carboxylic acids is 1. The summed E-state index contributed by atoms with van der Waals surface area (Å²) in [5.41, 5.74) is 27.2. The second-order valence-electron chi connectivity index (χ2n) is 32.7. The number of aromatic nitrogens is 4. The highest BCUT2D eigenvalue weighted by Crippen LogP contribution is 2.39. The van der Waals surface area contributed by atoms with Crippen LogP contribution in [0.4, 0.5) is 34.1 Å². The second kappa shape index (κ2) is 52.8.